The SMILES string of the molecule is COC1NCNC(C2CC2)C1C1NCC2C(N1)N(C1(C3CCC(C4NC(C(F)(F)F)CN4C)CC3)CC1)C(=N)N2C. The number of nitrogens with zero attached hydrogens (tertiary/aromatic N) is 3. The fraction of sp³-hybridized carbons (Fsp3) is 0.964. The summed E-state index contributed by atoms with van der Waals surface area (Å²) in [7, 11) is 5.65. The smallest absolute Gasteiger partial charge is 0.366 e. The summed E-state index contributed by atoms with van der Waals surface area (Å²) in [5.74, 6) is 2.20. The fourth-order valence-corrected chi connectivity index (χ4v) is 9.23. The van der Waals surface area contributed by atoms with E-state index in [0.29, 0.717) is 23.8 Å². The quantitative estimate of drug-likeness (QED) is 0.274. The zero-order chi connectivity index (χ0) is 28.7. The predicted molar refractivity (Wildman–Crippen MR) is 149 cm³/mol. The van der Waals surface area contributed by atoms with E-state index in [1.165, 1.54) is 12.8 Å². The van der Waals surface area contributed by atoms with Crippen molar-refractivity contribution in [3.05, 3.63) is 0 Å². The number of alkyl halides is 3. The molecule has 3 saturated carbocycles. The molecule has 41 heavy (non-hydrogen) atoms. The first kappa shape index (κ1) is 28.5. The molecule has 0 aromatic heterocycles. The van der Waals surface area contributed by atoms with Crippen LogP contribution in [-0.2, 0) is 4.74 Å². The zero-order valence-electron chi connectivity index (χ0n) is 24.5. The molecule has 7 aliphatic rings. The van der Waals surface area contributed by atoms with Gasteiger partial charge in [-0.1, -0.05) is 0 Å². The molecule has 3 aliphatic carbocycles. The standard InChI is InChI=1S/C28H48F3N9O/c1-38-13-19(28(29,30)31)36-23(38)16-6-8-17(9-7-16)27(10-11-27)40-24-18(39(2)26(40)32)12-33-22(37-24)20-21(15-4-5-15)34-14-35-25(20)41-3/h15-25,32-37H,4-14H2,1-3H3. The molecule has 0 radical (unpaired) electrons. The Morgan fingerprint density at radius 1 is 0.927 bits per heavy atom. The maximum atomic E-state index is 13.4. The van der Waals surface area contributed by atoms with E-state index in [-0.39, 0.29) is 54.7 Å². The summed E-state index contributed by atoms with van der Waals surface area (Å²) in [6, 6.07) is -0.874. The van der Waals surface area contributed by atoms with Crippen LogP contribution in [0.1, 0.15) is 51.4 Å². The van der Waals surface area contributed by atoms with Gasteiger partial charge in [0.2, 0.25) is 0 Å². The maximum Gasteiger partial charge on any atom is 0.405 e. The molecule has 8 atom stereocenters. The van der Waals surface area contributed by atoms with E-state index in [4.69, 9.17) is 4.74 Å². The highest BCUT2D eigenvalue weighted by Crippen LogP contribution is 2.56. The van der Waals surface area contributed by atoms with Gasteiger partial charge in [-0.15, -0.1) is 0 Å². The van der Waals surface area contributed by atoms with Crippen molar-refractivity contribution in [3.8, 4) is 0 Å². The highest BCUT2D eigenvalue weighted by molar-refractivity contribution is 5.81. The molecule has 10 nitrogen and oxygen atoms in total. The number of likely N-dealkylation sites (N-methyl/N-ethyl adjacent to an activating group) is 2. The van der Waals surface area contributed by atoms with E-state index in [2.05, 4.69) is 36.4 Å². The van der Waals surface area contributed by atoms with Gasteiger partial charge in [0.15, 0.2) is 5.96 Å². The van der Waals surface area contributed by atoms with Crippen LogP contribution in [-0.4, -0.2) is 116 Å². The van der Waals surface area contributed by atoms with Gasteiger partial charge in [0.05, 0.1) is 18.4 Å². The lowest BCUT2D eigenvalue weighted by Crippen LogP contribution is -2.73. The minimum Gasteiger partial charge on any atom is -0.366 e. The lowest BCUT2D eigenvalue weighted by atomic mass is 9.75. The van der Waals surface area contributed by atoms with E-state index >= 15 is 0 Å². The zero-order valence-corrected chi connectivity index (χ0v) is 24.5. The number of ether oxygens (including phenoxy) is 1. The highest BCUT2D eigenvalue weighted by atomic mass is 19.4. The number of guanidine groups is 1. The highest BCUT2D eigenvalue weighted by Gasteiger charge is 2.63. The molecule has 0 spiro atoms. The monoisotopic (exact) mass is 583 g/mol. The molecule has 0 amide bonds. The Morgan fingerprint density at radius 3 is 2.24 bits per heavy atom. The van der Waals surface area contributed by atoms with E-state index in [0.717, 1.165) is 51.7 Å². The first-order valence-corrected chi connectivity index (χ1v) is 15.7. The Kier molecular flexibility index (Phi) is 7.28. The molecule has 4 aliphatic heterocycles. The molecular formula is C28H48F3N9O. The van der Waals surface area contributed by atoms with Crippen molar-refractivity contribution in [2.75, 3.05) is 41.0 Å². The Morgan fingerprint density at radius 2 is 1.63 bits per heavy atom. The van der Waals surface area contributed by atoms with Gasteiger partial charge < -0.3 is 19.9 Å². The van der Waals surface area contributed by atoms with Crippen molar-refractivity contribution in [2.45, 2.75) is 106 Å². The minimum absolute atomic E-state index is 0.0246. The number of rotatable bonds is 6. The number of halogens is 3. The maximum absolute atomic E-state index is 13.4. The number of hydrogen-bond donors (Lipinski definition) is 6. The number of nitrogens with one attached hydrogen (secondary N) is 6. The second-order valence-corrected chi connectivity index (χ2v) is 13.9. The van der Waals surface area contributed by atoms with Crippen LogP contribution in [0.3, 0.4) is 0 Å². The summed E-state index contributed by atoms with van der Waals surface area (Å²) in [5, 5.41) is 27.1. The Balaban J connectivity index is 1.05. The van der Waals surface area contributed by atoms with Crippen molar-refractivity contribution >= 4 is 5.96 Å². The number of fused-ring (bicyclic) bond motifs is 1. The molecule has 4 saturated heterocycles. The fourth-order valence-electron chi connectivity index (χ4n) is 9.23. The average Bonchev–Trinajstić information content (AvgIpc) is 3.89. The van der Waals surface area contributed by atoms with Gasteiger partial charge in [0, 0.05) is 51.4 Å². The van der Waals surface area contributed by atoms with Crippen LogP contribution in [0.2, 0.25) is 0 Å². The molecule has 0 bridgehead atoms. The van der Waals surface area contributed by atoms with E-state index in [9.17, 15) is 18.6 Å². The molecule has 7 fully saturated rings. The molecule has 4 heterocycles. The van der Waals surface area contributed by atoms with Crippen LogP contribution in [0, 0.1) is 29.1 Å². The predicted octanol–water partition coefficient (Wildman–Crippen LogP) is 1.03. The second-order valence-electron chi connectivity index (χ2n) is 13.9. The third-order valence-electron chi connectivity index (χ3n) is 11.7. The first-order valence-electron chi connectivity index (χ1n) is 15.7. The molecule has 232 valence electrons. The van der Waals surface area contributed by atoms with Crippen LogP contribution in [0.4, 0.5) is 13.2 Å². The van der Waals surface area contributed by atoms with Crippen LogP contribution in [0.15, 0.2) is 0 Å². The lowest BCUT2D eigenvalue weighted by molar-refractivity contribution is -0.150. The van der Waals surface area contributed by atoms with Crippen molar-refractivity contribution in [1.82, 2.24) is 41.3 Å². The normalized spacial score (nSPS) is 45.3. The Hall–Kier alpha value is -1.22. The van der Waals surface area contributed by atoms with Crippen molar-refractivity contribution in [3.63, 3.8) is 0 Å². The molecular weight excluding hydrogens is 535 g/mol. The largest absolute Gasteiger partial charge is 0.405 e. The summed E-state index contributed by atoms with van der Waals surface area (Å²) in [5.41, 5.74) is -0.0340. The van der Waals surface area contributed by atoms with E-state index < -0.39 is 12.2 Å². The summed E-state index contributed by atoms with van der Waals surface area (Å²) < 4.78 is 46.1. The van der Waals surface area contributed by atoms with Crippen molar-refractivity contribution in [2.24, 2.45) is 23.7 Å². The topological polar surface area (TPSA) is 103 Å². The number of hydrogen-bond acceptors (Lipinski definition) is 8. The molecule has 6 N–H and O–H groups in total. The molecule has 0 aromatic carbocycles. The van der Waals surface area contributed by atoms with Gasteiger partial charge in [-0.05, 0) is 76.2 Å². The summed E-state index contributed by atoms with van der Waals surface area (Å²) >= 11 is 0. The summed E-state index contributed by atoms with van der Waals surface area (Å²) in [6.07, 6.45) is 4.21. The summed E-state index contributed by atoms with van der Waals surface area (Å²) in [4.78, 5) is 6.40. The number of methoxy groups -OCH3 is 1. The Bertz CT molecular complexity index is 985. The third-order valence-corrected chi connectivity index (χ3v) is 11.7. The Labute approximate surface area is 241 Å². The molecule has 7 rings (SSSR count). The molecule has 13 heteroatoms. The van der Waals surface area contributed by atoms with Crippen LogP contribution >= 0.6 is 0 Å². The van der Waals surface area contributed by atoms with Crippen LogP contribution in [0.25, 0.3) is 0 Å². The second kappa shape index (κ2) is 10.4. The van der Waals surface area contributed by atoms with Crippen molar-refractivity contribution < 1.29 is 17.9 Å². The molecule has 0 aromatic rings. The third kappa shape index (κ3) is 4.87. The van der Waals surface area contributed by atoms with Gasteiger partial charge in [-0.3, -0.25) is 31.6 Å². The van der Waals surface area contributed by atoms with Crippen molar-refractivity contribution in [1.29, 1.82) is 5.41 Å². The van der Waals surface area contributed by atoms with Gasteiger partial charge >= 0.3 is 6.18 Å². The van der Waals surface area contributed by atoms with E-state index in [1.807, 2.05) is 19.0 Å². The van der Waals surface area contributed by atoms with Gasteiger partial charge in [-0.2, -0.15) is 13.2 Å². The van der Waals surface area contributed by atoms with Gasteiger partial charge in [0.25, 0.3) is 0 Å². The summed E-state index contributed by atoms with van der Waals surface area (Å²) in [6.45, 7) is 1.59. The minimum atomic E-state index is -4.21. The lowest BCUT2D eigenvalue weighted by Gasteiger charge is -2.50. The first-order chi connectivity index (χ1) is 19.6. The van der Waals surface area contributed by atoms with Crippen LogP contribution < -0.4 is 26.6 Å². The van der Waals surface area contributed by atoms with Gasteiger partial charge in [-0.25, -0.2) is 0 Å². The van der Waals surface area contributed by atoms with Crippen LogP contribution in [0.5, 0.6) is 0 Å². The molecule has 8 unspecified atom stereocenters. The average molecular weight is 584 g/mol. The van der Waals surface area contributed by atoms with Gasteiger partial charge in [0.1, 0.15) is 18.4 Å². The van der Waals surface area contributed by atoms with E-state index in [1.54, 1.807) is 7.11 Å².